The summed E-state index contributed by atoms with van der Waals surface area (Å²) in [6.45, 7) is 7.34. The number of carbonyl (C=O) groups excluding carboxylic acids is 1. The standard InChI is InChI=1S/C17H26ClN3O2/c1-17(2,23)13-19(3)12-16(22)21-9-7-20(8-10-21)15-6-4-5-14(18)11-15/h4-6,11,23H,7-10,12-13H2,1-3H3. The minimum absolute atomic E-state index is 0.113. The van der Waals surface area contributed by atoms with Gasteiger partial charge in [-0.05, 0) is 39.1 Å². The lowest BCUT2D eigenvalue weighted by molar-refractivity contribution is -0.132. The van der Waals surface area contributed by atoms with E-state index in [2.05, 4.69) is 4.90 Å². The van der Waals surface area contributed by atoms with Crippen molar-refractivity contribution < 1.29 is 9.90 Å². The fraction of sp³-hybridized carbons (Fsp3) is 0.588. The van der Waals surface area contributed by atoms with Gasteiger partial charge in [-0.1, -0.05) is 17.7 Å². The summed E-state index contributed by atoms with van der Waals surface area (Å²) in [4.78, 5) is 18.4. The Morgan fingerprint density at radius 1 is 1.30 bits per heavy atom. The van der Waals surface area contributed by atoms with Crippen molar-refractivity contribution in [2.45, 2.75) is 19.4 Å². The fourth-order valence-electron chi connectivity index (χ4n) is 2.93. The number of piperazine rings is 1. The molecule has 0 aromatic heterocycles. The summed E-state index contributed by atoms with van der Waals surface area (Å²) in [6, 6.07) is 7.81. The molecule has 1 amide bonds. The summed E-state index contributed by atoms with van der Waals surface area (Å²) in [7, 11) is 1.86. The van der Waals surface area contributed by atoms with E-state index in [0.717, 1.165) is 23.8 Å². The maximum atomic E-state index is 12.4. The number of anilines is 1. The first-order valence-electron chi connectivity index (χ1n) is 7.94. The van der Waals surface area contributed by atoms with Gasteiger partial charge in [0.2, 0.25) is 5.91 Å². The summed E-state index contributed by atoms with van der Waals surface area (Å²) >= 11 is 6.04. The second-order valence-corrected chi connectivity index (χ2v) is 7.27. The molecule has 0 unspecified atom stereocenters. The highest BCUT2D eigenvalue weighted by Crippen LogP contribution is 2.20. The average Bonchev–Trinajstić information content (AvgIpc) is 2.45. The van der Waals surface area contributed by atoms with Crippen LogP contribution >= 0.6 is 11.6 Å². The van der Waals surface area contributed by atoms with Gasteiger partial charge in [0, 0.05) is 43.4 Å². The Hall–Kier alpha value is -1.30. The second-order valence-electron chi connectivity index (χ2n) is 6.83. The molecule has 6 heteroatoms. The lowest BCUT2D eigenvalue weighted by Crippen LogP contribution is -2.51. The second kappa shape index (κ2) is 7.51. The molecule has 0 spiro atoms. The Morgan fingerprint density at radius 3 is 2.52 bits per heavy atom. The van der Waals surface area contributed by atoms with Gasteiger partial charge >= 0.3 is 0 Å². The summed E-state index contributed by atoms with van der Waals surface area (Å²) < 4.78 is 0. The average molecular weight is 340 g/mol. The van der Waals surface area contributed by atoms with Gasteiger partial charge in [-0.2, -0.15) is 0 Å². The van der Waals surface area contributed by atoms with Gasteiger partial charge in [-0.3, -0.25) is 9.69 Å². The van der Waals surface area contributed by atoms with E-state index < -0.39 is 5.60 Å². The third-order valence-electron chi connectivity index (χ3n) is 3.87. The molecule has 5 nitrogen and oxygen atoms in total. The summed E-state index contributed by atoms with van der Waals surface area (Å²) in [6.07, 6.45) is 0. The zero-order chi connectivity index (χ0) is 17.0. The smallest absolute Gasteiger partial charge is 0.236 e. The van der Waals surface area contributed by atoms with Crippen LogP contribution in [-0.4, -0.2) is 72.7 Å². The van der Waals surface area contributed by atoms with Gasteiger partial charge < -0.3 is 14.9 Å². The molecule has 0 bridgehead atoms. The van der Waals surface area contributed by atoms with Crippen molar-refractivity contribution >= 4 is 23.2 Å². The third-order valence-corrected chi connectivity index (χ3v) is 4.10. The maximum Gasteiger partial charge on any atom is 0.236 e. The number of likely N-dealkylation sites (N-methyl/N-ethyl adjacent to an activating group) is 1. The van der Waals surface area contributed by atoms with Crippen LogP contribution in [0.5, 0.6) is 0 Å². The van der Waals surface area contributed by atoms with Crippen molar-refractivity contribution in [3.8, 4) is 0 Å². The van der Waals surface area contributed by atoms with Crippen LogP contribution in [0.3, 0.4) is 0 Å². The van der Waals surface area contributed by atoms with Crippen LogP contribution in [0.4, 0.5) is 5.69 Å². The quantitative estimate of drug-likeness (QED) is 0.887. The third kappa shape index (κ3) is 5.68. The number of hydrogen-bond donors (Lipinski definition) is 1. The highest BCUT2D eigenvalue weighted by Gasteiger charge is 2.24. The Bertz CT molecular complexity index is 537. The number of rotatable bonds is 5. The van der Waals surface area contributed by atoms with E-state index in [1.807, 2.05) is 41.1 Å². The van der Waals surface area contributed by atoms with E-state index in [4.69, 9.17) is 11.6 Å². The molecule has 0 saturated carbocycles. The summed E-state index contributed by atoms with van der Waals surface area (Å²) in [5.74, 6) is 0.113. The zero-order valence-electron chi connectivity index (χ0n) is 14.1. The maximum absolute atomic E-state index is 12.4. The van der Waals surface area contributed by atoms with Crippen molar-refractivity contribution in [2.75, 3.05) is 51.2 Å². The van der Waals surface area contributed by atoms with E-state index in [-0.39, 0.29) is 5.91 Å². The molecular formula is C17H26ClN3O2. The molecule has 1 fully saturated rings. The normalized spacial score (nSPS) is 16.1. The molecule has 0 aliphatic carbocycles. The molecule has 1 saturated heterocycles. The number of amides is 1. The number of aliphatic hydroxyl groups is 1. The van der Waals surface area contributed by atoms with E-state index in [0.29, 0.717) is 26.2 Å². The first-order chi connectivity index (χ1) is 10.7. The molecule has 23 heavy (non-hydrogen) atoms. The van der Waals surface area contributed by atoms with Crippen molar-refractivity contribution in [1.82, 2.24) is 9.80 Å². The minimum Gasteiger partial charge on any atom is -0.389 e. The van der Waals surface area contributed by atoms with Gasteiger partial charge in [0.25, 0.3) is 0 Å². The SMILES string of the molecule is CN(CC(=O)N1CCN(c2cccc(Cl)c2)CC1)CC(C)(C)O. The molecule has 0 atom stereocenters. The van der Waals surface area contributed by atoms with Crippen LogP contribution in [-0.2, 0) is 4.79 Å². The van der Waals surface area contributed by atoms with Gasteiger partial charge in [-0.15, -0.1) is 0 Å². The van der Waals surface area contributed by atoms with Crippen molar-refractivity contribution in [3.05, 3.63) is 29.3 Å². The molecular weight excluding hydrogens is 314 g/mol. The van der Waals surface area contributed by atoms with Crippen LogP contribution in [0, 0.1) is 0 Å². The molecule has 1 aliphatic heterocycles. The first-order valence-corrected chi connectivity index (χ1v) is 8.31. The van der Waals surface area contributed by atoms with Gasteiger partial charge in [0.05, 0.1) is 12.1 Å². The van der Waals surface area contributed by atoms with Gasteiger partial charge in [0.15, 0.2) is 0 Å². The lowest BCUT2D eigenvalue weighted by Gasteiger charge is -2.37. The molecule has 2 rings (SSSR count). The number of nitrogens with zero attached hydrogens (tertiary/aromatic N) is 3. The molecule has 1 aromatic rings. The Balaban J connectivity index is 1.83. The highest BCUT2D eigenvalue weighted by molar-refractivity contribution is 6.30. The van der Waals surface area contributed by atoms with E-state index in [9.17, 15) is 9.90 Å². The van der Waals surface area contributed by atoms with Crippen molar-refractivity contribution in [1.29, 1.82) is 0 Å². The first kappa shape index (κ1) is 18.0. The highest BCUT2D eigenvalue weighted by atomic mass is 35.5. The predicted molar refractivity (Wildman–Crippen MR) is 94.0 cm³/mol. The van der Waals surface area contributed by atoms with Crippen molar-refractivity contribution in [3.63, 3.8) is 0 Å². The molecule has 1 aliphatic rings. The minimum atomic E-state index is -0.791. The van der Waals surface area contributed by atoms with Crippen LogP contribution in [0.1, 0.15) is 13.8 Å². The number of carbonyl (C=O) groups is 1. The molecule has 1 N–H and O–H groups in total. The number of halogens is 1. The van der Waals surface area contributed by atoms with E-state index in [1.165, 1.54) is 0 Å². The van der Waals surface area contributed by atoms with E-state index >= 15 is 0 Å². The van der Waals surface area contributed by atoms with Crippen LogP contribution in [0.25, 0.3) is 0 Å². The summed E-state index contributed by atoms with van der Waals surface area (Å²) in [5, 5.41) is 10.5. The van der Waals surface area contributed by atoms with Gasteiger partial charge in [-0.25, -0.2) is 0 Å². The van der Waals surface area contributed by atoms with E-state index in [1.54, 1.807) is 13.8 Å². The monoisotopic (exact) mass is 339 g/mol. The predicted octanol–water partition coefficient (Wildman–Crippen LogP) is 1.69. The van der Waals surface area contributed by atoms with Crippen molar-refractivity contribution in [2.24, 2.45) is 0 Å². The fourth-order valence-corrected chi connectivity index (χ4v) is 3.12. The van der Waals surface area contributed by atoms with Crippen LogP contribution < -0.4 is 4.90 Å². The number of benzene rings is 1. The molecule has 0 radical (unpaired) electrons. The van der Waals surface area contributed by atoms with Crippen LogP contribution in [0.2, 0.25) is 5.02 Å². The summed E-state index contributed by atoms with van der Waals surface area (Å²) in [5.41, 5.74) is 0.309. The topological polar surface area (TPSA) is 47.0 Å². The molecule has 128 valence electrons. The zero-order valence-corrected chi connectivity index (χ0v) is 14.9. The molecule has 1 heterocycles. The Kier molecular flexibility index (Phi) is 5.89. The Labute approximate surface area is 143 Å². The van der Waals surface area contributed by atoms with Crippen LogP contribution in [0.15, 0.2) is 24.3 Å². The lowest BCUT2D eigenvalue weighted by atomic mass is 10.1. The molecule has 1 aromatic carbocycles. The Morgan fingerprint density at radius 2 is 1.96 bits per heavy atom. The number of hydrogen-bond acceptors (Lipinski definition) is 4. The van der Waals surface area contributed by atoms with Gasteiger partial charge in [0.1, 0.15) is 0 Å². The largest absolute Gasteiger partial charge is 0.389 e.